The summed E-state index contributed by atoms with van der Waals surface area (Å²) in [6, 6.07) is 0. The van der Waals surface area contributed by atoms with Gasteiger partial charge in [-0.15, -0.1) is 0 Å². The highest BCUT2D eigenvalue weighted by Gasteiger charge is 2.52. The Hall–Kier alpha value is -1.76. The quantitative estimate of drug-likeness (QED) is 0.234. The molecular weight excluding hydrogens is 492 g/mol. The number of hydrogen-bond donors (Lipinski definition) is 4. The third kappa shape index (κ3) is 8.61. The standard InChI is InChI=1S/C33H52O6/c1-21(8-7-15-32(3,4)39)28-13-14-29-25(12-11-24-18-27(35)19-30(36)22(24)2)16-23(20-33(28,29)5)17-26(34)9-6-10-31(37)38/h11-12,21,23,27-30,35-36,39H,2,6-10,13-20H2,1,3-5H3,(H,37,38)/b24-11+,25-12+/t21-,23-,27-,28-,29+,30+,33-/m1/s1. The SMILES string of the molecule is C=C1/C(=C/C=C2\C[C@H](CC(=O)CCCC(=O)O)C[C@]3(C)[C@@H]([C@H](C)CCCC(C)(C)O)CC[C@@H]23)C[C@@H](O)C[C@@H]1O. The highest BCUT2D eigenvalue weighted by Crippen LogP contribution is 2.61. The summed E-state index contributed by atoms with van der Waals surface area (Å²) in [5.74, 6) is 1.01. The molecule has 0 heterocycles. The maximum Gasteiger partial charge on any atom is 0.303 e. The van der Waals surface area contributed by atoms with Crippen LogP contribution in [0, 0.1) is 29.1 Å². The molecule has 6 nitrogen and oxygen atoms in total. The number of carboxylic acids is 1. The van der Waals surface area contributed by atoms with Crippen LogP contribution in [0.25, 0.3) is 0 Å². The lowest BCUT2D eigenvalue weighted by molar-refractivity contribution is -0.137. The number of carboxylic acid groups (broad SMARTS) is 1. The number of aliphatic carboxylic acids is 1. The maximum atomic E-state index is 12.9. The van der Waals surface area contributed by atoms with Gasteiger partial charge in [0.15, 0.2) is 0 Å². The number of aliphatic hydroxyl groups excluding tert-OH is 2. The molecule has 0 amide bonds. The van der Waals surface area contributed by atoms with E-state index in [0.717, 1.165) is 50.5 Å². The van der Waals surface area contributed by atoms with E-state index in [1.54, 1.807) is 0 Å². The molecule has 0 saturated heterocycles. The molecule has 3 rings (SSSR count). The van der Waals surface area contributed by atoms with E-state index in [9.17, 15) is 24.9 Å². The number of carbonyl (C=O) groups excluding carboxylic acids is 1. The Morgan fingerprint density at radius 3 is 2.51 bits per heavy atom. The molecule has 0 aliphatic heterocycles. The first-order valence-electron chi connectivity index (χ1n) is 15.1. The van der Waals surface area contributed by atoms with Crippen molar-refractivity contribution in [2.75, 3.05) is 0 Å². The van der Waals surface area contributed by atoms with Crippen LogP contribution in [0.2, 0.25) is 0 Å². The summed E-state index contributed by atoms with van der Waals surface area (Å²) in [4.78, 5) is 23.8. The normalized spacial score (nSPS) is 34.3. The van der Waals surface area contributed by atoms with E-state index in [-0.39, 0.29) is 23.5 Å². The Labute approximate surface area is 235 Å². The Bertz CT molecular complexity index is 956. The van der Waals surface area contributed by atoms with Crippen LogP contribution in [0.1, 0.15) is 111 Å². The van der Waals surface area contributed by atoms with Crippen molar-refractivity contribution in [2.45, 2.75) is 129 Å². The highest BCUT2D eigenvalue weighted by molar-refractivity contribution is 5.79. The molecule has 0 radical (unpaired) electrons. The van der Waals surface area contributed by atoms with Crippen LogP contribution in [-0.4, -0.2) is 50.0 Å². The summed E-state index contributed by atoms with van der Waals surface area (Å²) in [5.41, 5.74) is 2.37. The molecule has 0 spiro atoms. The fourth-order valence-electron chi connectivity index (χ4n) is 7.98. The average Bonchev–Trinajstić information content (AvgIpc) is 3.16. The van der Waals surface area contributed by atoms with Crippen molar-refractivity contribution >= 4 is 11.8 Å². The van der Waals surface area contributed by atoms with Crippen molar-refractivity contribution in [2.24, 2.45) is 29.1 Å². The molecule has 7 atom stereocenters. The number of carbonyl (C=O) groups is 2. The van der Waals surface area contributed by atoms with Gasteiger partial charge in [-0.25, -0.2) is 0 Å². The molecular formula is C33H52O6. The zero-order valence-corrected chi connectivity index (χ0v) is 24.6. The summed E-state index contributed by atoms with van der Waals surface area (Å²) in [6.45, 7) is 12.6. The van der Waals surface area contributed by atoms with Crippen molar-refractivity contribution in [3.05, 3.63) is 35.5 Å². The summed E-state index contributed by atoms with van der Waals surface area (Å²) < 4.78 is 0. The zero-order chi connectivity index (χ0) is 29.0. The van der Waals surface area contributed by atoms with E-state index >= 15 is 0 Å². The number of ketones is 1. The van der Waals surface area contributed by atoms with Gasteiger partial charge < -0.3 is 20.4 Å². The van der Waals surface area contributed by atoms with Crippen molar-refractivity contribution in [3.8, 4) is 0 Å². The van der Waals surface area contributed by atoms with Gasteiger partial charge in [-0.05, 0) is 99.0 Å². The van der Waals surface area contributed by atoms with Crippen LogP contribution in [0.15, 0.2) is 35.5 Å². The van der Waals surface area contributed by atoms with E-state index in [0.29, 0.717) is 55.4 Å². The van der Waals surface area contributed by atoms with Gasteiger partial charge in [0.25, 0.3) is 0 Å². The van der Waals surface area contributed by atoms with E-state index in [4.69, 9.17) is 5.11 Å². The number of rotatable bonds is 12. The lowest BCUT2D eigenvalue weighted by Gasteiger charge is -2.47. The van der Waals surface area contributed by atoms with Gasteiger partial charge in [-0.2, -0.15) is 0 Å². The summed E-state index contributed by atoms with van der Waals surface area (Å²) in [7, 11) is 0. The lowest BCUT2D eigenvalue weighted by atomic mass is 9.57. The average molecular weight is 545 g/mol. The Morgan fingerprint density at radius 2 is 1.85 bits per heavy atom. The Balaban J connectivity index is 1.82. The van der Waals surface area contributed by atoms with Gasteiger partial charge in [-0.3, -0.25) is 9.59 Å². The second-order valence-corrected chi connectivity index (χ2v) is 13.8. The van der Waals surface area contributed by atoms with Crippen LogP contribution in [0.5, 0.6) is 0 Å². The molecule has 3 saturated carbocycles. The first kappa shape index (κ1) is 31.8. The molecule has 0 bridgehead atoms. The molecule has 0 unspecified atom stereocenters. The lowest BCUT2D eigenvalue weighted by Crippen LogP contribution is -2.39. The third-order valence-electron chi connectivity index (χ3n) is 9.87. The summed E-state index contributed by atoms with van der Waals surface area (Å²) >= 11 is 0. The van der Waals surface area contributed by atoms with Gasteiger partial charge in [0.05, 0.1) is 17.8 Å². The minimum atomic E-state index is -0.860. The monoisotopic (exact) mass is 544 g/mol. The minimum absolute atomic E-state index is 0.0285. The molecule has 0 aromatic rings. The molecule has 0 aromatic heterocycles. The largest absolute Gasteiger partial charge is 0.481 e. The molecule has 6 heteroatoms. The number of Topliss-reactive ketones (excluding diaryl/α,β-unsaturated/α-hetero) is 1. The number of aliphatic hydroxyl groups is 3. The molecule has 0 aromatic carbocycles. The van der Waals surface area contributed by atoms with Gasteiger partial charge in [0.2, 0.25) is 0 Å². The first-order valence-corrected chi connectivity index (χ1v) is 15.1. The van der Waals surface area contributed by atoms with Crippen LogP contribution in [-0.2, 0) is 9.59 Å². The number of allylic oxidation sites excluding steroid dienone is 3. The predicted octanol–water partition coefficient (Wildman–Crippen LogP) is 6.14. The molecule has 39 heavy (non-hydrogen) atoms. The van der Waals surface area contributed by atoms with Gasteiger partial charge >= 0.3 is 5.97 Å². The second kappa shape index (κ2) is 13.3. The maximum absolute atomic E-state index is 12.9. The number of hydrogen-bond acceptors (Lipinski definition) is 5. The molecule has 3 aliphatic rings. The molecule has 3 fully saturated rings. The van der Waals surface area contributed by atoms with Crippen molar-refractivity contribution < 1.29 is 30.0 Å². The highest BCUT2D eigenvalue weighted by atomic mass is 16.4. The summed E-state index contributed by atoms with van der Waals surface area (Å²) in [6.07, 6.45) is 12.0. The molecule has 3 aliphatic carbocycles. The van der Waals surface area contributed by atoms with Gasteiger partial charge in [-0.1, -0.05) is 51.0 Å². The van der Waals surface area contributed by atoms with E-state index in [1.807, 2.05) is 19.9 Å². The van der Waals surface area contributed by atoms with Crippen LogP contribution >= 0.6 is 0 Å². The number of fused-ring (bicyclic) bond motifs is 1. The molecule has 220 valence electrons. The fourth-order valence-corrected chi connectivity index (χ4v) is 7.98. The Kier molecular flexibility index (Phi) is 10.8. The smallest absolute Gasteiger partial charge is 0.303 e. The predicted molar refractivity (Wildman–Crippen MR) is 154 cm³/mol. The second-order valence-electron chi connectivity index (χ2n) is 13.8. The van der Waals surface area contributed by atoms with Crippen LogP contribution in [0.4, 0.5) is 0 Å². The van der Waals surface area contributed by atoms with Crippen LogP contribution < -0.4 is 0 Å². The third-order valence-corrected chi connectivity index (χ3v) is 9.87. The van der Waals surface area contributed by atoms with E-state index in [2.05, 4.69) is 26.5 Å². The van der Waals surface area contributed by atoms with Crippen molar-refractivity contribution in [1.29, 1.82) is 0 Å². The zero-order valence-electron chi connectivity index (χ0n) is 24.6. The van der Waals surface area contributed by atoms with Gasteiger partial charge in [0, 0.05) is 25.7 Å². The van der Waals surface area contributed by atoms with Gasteiger partial charge in [0.1, 0.15) is 5.78 Å². The van der Waals surface area contributed by atoms with E-state index < -0.39 is 23.8 Å². The van der Waals surface area contributed by atoms with Crippen molar-refractivity contribution in [1.82, 2.24) is 0 Å². The first-order chi connectivity index (χ1) is 18.2. The van der Waals surface area contributed by atoms with E-state index in [1.165, 1.54) is 5.57 Å². The Morgan fingerprint density at radius 1 is 1.13 bits per heavy atom. The molecule has 4 N–H and O–H groups in total. The minimum Gasteiger partial charge on any atom is -0.481 e. The topological polar surface area (TPSA) is 115 Å². The van der Waals surface area contributed by atoms with Crippen molar-refractivity contribution in [3.63, 3.8) is 0 Å². The summed E-state index contributed by atoms with van der Waals surface area (Å²) in [5, 5.41) is 39.6. The van der Waals surface area contributed by atoms with Crippen LogP contribution in [0.3, 0.4) is 0 Å². The fraction of sp³-hybridized carbons (Fsp3) is 0.758.